The van der Waals surface area contributed by atoms with Crippen molar-refractivity contribution in [1.29, 1.82) is 0 Å². The number of ether oxygens (including phenoxy) is 1. The second-order valence-electron chi connectivity index (χ2n) is 5.56. The van der Waals surface area contributed by atoms with Crippen LogP contribution in [0.4, 0.5) is 11.4 Å². The number of amides is 1. The number of anilines is 2. The number of piperidine rings is 1. The number of morpholine rings is 1. The Hall–Kier alpha value is -1.34. The summed E-state index contributed by atoms with van der Waals surface area (Å²) < 4.78 is 5.34. The molecular formula is C15H22ClN3O3. The molecule has 122 valence electrons. The lowest BCUT2D eigenvalue weighted by atomic mass is 10.0. The monoisotopic (exact) mass is 327 g/mol. The molecule has 0 aliphatic carbocycles. The number of aliphatic hydroxyl groups is 1. The van der Waals surface area contributed by atoms with Gasteiger partial charge in [-0.15, -0.1) is 12.4 Å². The quantitative estimate of drug-likeness (QED) is 0.820. The van der Waals surface area contributed by atoms with E-state index in [4.69, 9.17) is 10.5 Å². The predicted molar refractivity (Wildman–Crippen MR) is 87.7 cm³/mol. The lowest BCUT2D eigenvalue weighted by Crippen LogP contribution is -2.53. The zero-order chi connectivity index (χ0) is 14.8. The molecule has 2 heterocycles. The maximum absolute atomic E-state index is 12.1. The van der Waals surface area contributed by atoms with Crippen LogP contribution in [0.15, 0.2) is 24.3 Å². The largest absolute Gasteiger partial charge is 0.391 e. The van der Waals surface area contributed by atoms with Crippen LogP contribution in [0.25, 0.3) is 0 Å². The van der Waals surface area contributed by atoms with Crippen molar-refractivity contribution < 1.29 is 14.6 Å². The fourth-order valence-corrected chi connectivity index (χ4v) is 2.87. The number of hydrogen-bond donors (Lipinski definition) is 2. The van der Waals surface area contributed by atoms with Crippen LogP contribution in [-0.2, 0) is 9.53 Å². The summed E-state index contributed by atoms with van der Waals surface area (Å²) in [5.74, 6) is -0.126. The fraction of sp³-hybridized carbons (Fsp3) is 0.533. The third-order valence-electron chi connectivity index (χ3n) is 4.04. The number of carbonyl (C=O) groups is 1. The molecule has 2 atom stereocenters. The van der Waals surface area contributed by atoms with Gasteiger partial charge < -0.3 is 25.4 Å². The zero-order valence-corrected chi connectivity index (χ0v) is 13.2. The summed E-state index contributed by atoms with van der Waals surface area (Å²) in [6.45, 7) is 3.56. The Morgan fingerprint density at radius 1 is 1.14 bits per heavy atom. The van der Waals surface area contributed by atoms with Crippen LogP contribution in [0, 0.1) is 0 Å². The summed E-state index contributed by atoms with van der Waals surface area (Å²) >= 11 is 0. The Labute approximate surface area is 136 Å². The number of aliphatic hydroxyl groups excluding tert-OH is 1. The van der Waals surface area contributed by atoms with Crippen LogP contribution in [-0.4, -0.2) is 56.0 Å². The van der Waals surface area contributed by atoms with E-state index in [2.05, 4.69) is 4.90 Å². The van der Waals surface area contributed by atoms with Crippen molar-refractivity contribution in [1.82, 2.24) is 0 Å². The average molecular weight is 328 g/mol. The van der Waals surface area contributed by atoms with Gasteiger partial charge in [0.25, 0.3) is 0 Å². The Morgan fingerprint density at radius 3 is 2.36 bits per heavy atom. The second-order valence-corrected chi connectivity index (χ2v) is 5.56. The zero-order valence-electron chi connectivity index (χ0n) is 12.4. The number of hydrogen-bond acceptors (Lipinski definition) is 5. The highest BCUT2D eigenvalue weighted by Crippen LogP contribution is 2.24. The highest BCUT2D eigenvalue weighted by atomic mass is 35.5. The van der Waals surface area contributed by atoms with Crippen molar-refractivity contribution in [2.75, 3.05) is 42.6 Å². The molecule has 0 radical (unpaired) electrons. The van der Waals surface area contributed by atoms with E-state index in [9.17, 15) is 9.90 Å². The summed E-state index contributed by atoms with van der Waals surface area (Å²) in [7, 11) is 0. The van der Waals surface area contributed by atoms with Crippen LogP contribution in [0.1, 0.15) is 6.42 Å². The van der Waals surface area contributed by atoms with Gasteiger partial charge in [0, 0.05) is 24.5 Å². The van der Waals surface area contributed by atoms with E-state index in [1.54, 1.807) is 4.90 Å². The van der Waals surface area contributed by atoms with E-state index >= 15 is 0 Å². The Balaban J connectivity index is 0.00000176. The molecule has 3 N–H and O–H groups in total. The average Bonchev–Trinajstić information content (AvgIpc) is 2.52. The molecule has 7 heteroatoms. The SMILES string of the molecule is Cl.NC1CC(O)CN(c2ccc(N3CCOCC3)cc2)C1=O. The first-order chi connectivity index (χ1) is 10.1. The van der Waals surface area contributed by atoms with Gasteiger partial charge in [-0.1, -0.05) is 0 Å². The van der Waals surface area contributed by atoms with E-state index in [-0.39, 0.29) is 18.3 Å². The first-order valence-electron chi connectivity index (χ1n) is 7.33. The minimum atomic E-state index is -0.618. The van der Waals surface area contributed by atoms with Gasteiger partial charge in [0.15, 0.2) is 0 Å². The molecule has 0 spiro atoms. The molecule has 2 unspecified atom stereocenters. The molecule has 0 saturated carbocycles. The normalized spacial score (nSPS) is 25.8. The second kappa shape index (κ2) is 7.28. The molecule has 22 heavy (non-hydrogen) atoms. The summed E-state index contributed by atoms with van der Waals surface area (Å²) in [4.78, 5) is 15.9. The van der Waals surface area contributed by atoms with Gasteiger partial charge in [0.2, 0.25) is 5.91 Å². The standard InChI is InChI=1S/C15H21N3O3.ClH/c16-14-9-13(19)10-18(15(14)20)12-3-1-11(2-4-12)17-5-7-21-8-6-17;/h1-4,13-14,19H,5-10,16H2;1H. The molecule has 1 amide bonds. The summed E-state index contributed by atoms with van der Waals surface area (Å²) in [5, 5.41) is 9.79. The highest BCUT2D eigenvalue weighted by molar-refractivity contribution is 5.98. The fourth-order valence-electron chi connectivity index (χ4n) is 2.87. The Bertz CT molecular complexity index is 505. The van der Waals surface area contributed by atoms with Crippen molar-refractivity contribution in [3.05, 3.63) is 24.3 Å². The minimum absolute atomic E-state index is 0. The molecule has 0 bridgehead atoms. The van der Waals surface area contributed by atoms with Gasteiger partial charge in [-0.05, 0) is 30.7 Å². The van der Waals surface area contributed by atoms with E-state index < -0.39 is 12.1 Å². The molecule has 2 aliphatic rings. The smallest absolute Gasteiger partial charge is 0.244 e. The maximum atomic E-state index is 12.1. The lowest BCUT2D eigenvalue weighted by Gasteiger charge is -2.34. The maximum Gasteiger partial charge on any atom is 0.244 e. The van der Waals surface area contributed by atoms with Gasteiger partial charge in [0.1, 0.15) is 0 Å². The van der Waals surface area contributed by atoms with E-state index in [0.29, 0.717) is 13.0 Å². The van der Waals surface area contributed by atoms with Crippen molar-refractivity contribution in [2.24, 2.45) is 5.73 Å². The highest BCUT2D eigenvalue weighted by Gasteiger charge is 2.31. The van der Waals surface area contributed by atoms with Gasteiger partial charge in [0.05, 0.1) is 31.9 Å². The number of benzene rings is 1. The van der Waals surface area contributed by atoms with Gasteiger partial charge in [-0.3, -0.25) is 4.79 Å². The molecule has 2 fully saturated rings. The molecule has 1 aromatic carbocycles. The summed E-state index contributed by atoms with van der Waals surface area (Å²) in [6, 6.07) is 7.20. The number of rotatable bonds is 2. The predicted octanol–water partition coefficient (Wildman–Crippen LogP) is 0.370. The first kappa shape index (κ1) is 17.0. The molecule has 6 nitrogen and oxygen atoms in total. The van der Waals surface area contributed by atoms with Crippen LogP contribution < -0.4 is 15.5 Å². The van der Waals surface area contributed by atoms with Crippen molar-refractivity contribution >= 4 is 29.7 Å². The van der Waals surface area contributed by atoms with Gasteiger partial charge >= 0.3 is 0 Å². The van der Waals surface area contributed by atoms with E-state index in [1.165, 1.54) is 0 Å². The number of β-amino-alcohol motifs (C(OH)–C–C–N with tert-alkyl or cyclic N) is 1. The summed E-state index contributed by atoms with van der Waals surface area (Å²) in [5.41, 5.74) is 7.68. The molecule has 2 saturated heterocycles. The van der Waals surface area contributed by atoms with Crippen molar-refractivity contribution in [3.63, 3.8) is 0 Å². The van der Waals surface area contributed by atoms with Crippen LogP contribution in [0.5, 0.6) is 0 Å². The molecule has 2 aliphatic heterocycles. The number of carbonyl (C=O) groups excluding carboxylic acids is 1. The Kier molecular flexibility index (Phi) is 5.63. The van der Waals surface area contributed by atoms with E-state index in [0.717, 1.165) is 37.7 Å². The molecule has 3 rings (SSSR count). The van der Waals surface area contributed by atoms with Crippen LogP contribution in [0.2, 0.25) is 0 Å². The topological polar surface area (TPSA) is 79.0 Å². The third kappa shape index (κ3) is 3.52. The first-order valence-corrected chi connectivity index (χ1v) is 7.33. The number of nitrogens with two attached hydrogens (primary N) is 1. The minimum Gasteiger partial charge on any atom is -0.391 e. The molecule has 0 aromatic heterocycles. The Morgan fingerprint density at radius 2 is 1.73 bits per heavy atom. The van der Waals surface area contributed by atoms with Gasteiger partial charge in [-0.25, -0.2) is 0 Å². The lowest BCUT2D eigenvalue weighted by molar-refractivity contribution is -0.122. The van der Waals surface area contributed by atoms with Gasteiger partial charge in [-0.2, -0.15) is 0 Å². The number of halogens is 1. The van der Waals surface area contributed by atoms with Crippen molar-refractivity contribution in [3.8, 4) is 0 Å². The van der Waals surface area contributed by atoms with Crippen LogP contribution >= 0.6 is 12.4 Å². The third-order valence-corrected chi connectivity index (χ3v) is 4.04. The van der Waals surface area contributed by atoms with Crippen LogP contribution in [0.3, 0.4) is 0 Å². The number of nitrogens with zero attached hydrogens (tertiary/aromatic N) is 2. The molecular weight excluding hydrogens is 306 g/mol. The van der Waals surface area contributed by atoms with Crippen molar-refractivity contribution in [2.45, 2.75) is 18.6 Å². The summed E-state index contributed by atoms with van der Waals surface area (Å²) in [6.07, 6.45) is -0.224. The molecule has 1 aromatic rings. The van der Waals surface area contributed by atoms with E-state index in [1.807, 2.05) is 24.3 Å².